The summed E-state index contributed by atoms with van der Waals surface area (Å²) in [5, 5.41) is 0. The molecular weight excluding hydrogens is 222 g/mol. The SMILES string of the molecule is CC1CCN(CC2CCC(F)(F)C2)CC1CN. The summed E-state index contributed by atoms with van der Waals surface area (Å²) in [5.74, 6) is -0.982. The molecule has 1 saturated heterocycles. The van der Waals surface area contributed by atoms with Crippen LogP contribution in [0.5, 0.6) is 0 Å². The molecule has 0 bridgehead atoms. The second kappa shape index (κ2) is 5.19. The van der Waals surface area contributed by atoms with Crippen molar-refractivity contribution in [2.24, 2.45) is 23.5 Å². The second-order valence-corrected chi connectivity index (χ2v) is 5.99. The zero-order chi connectivity index (χ0) is 12.5. The van der Waals surface area contributed by atoms with Gasteiger partial charge in [0.05, 0.1) is 0 Å². The summed E-state index contributed by atoms with van der Waals surface area (Å²) in [6.45, 7) is 5.87. The van der Waals surface area contributed by atoms with E-state index >= 15 is 0 Å². The number of alkyl halides is 2. The summed E-state index contributed by atoms with van der Waals surface area (Å²) in [4.78, 5) is 2.35. The zero-order valence-corrected chi connectivity index (χ0v) is 10.7. The summed E-state index contributed by atoms with van der Waals surface area (Å²) < 4.78 is 26.2. The van der Waals surface area contributed by atoms with Crippen LogP contribution in [0.3, 0.4) is 0 Å². The molecule has 100 valence electrons. The Labute approximate surface area is 103 Å². The molecule has 2 fully saturated rings. The van der Waals surface area contributed by atoms with Crippen LogP contribution < -0.4 is 5.73 Å². The first kappa shape index (κ1) is 13.2. The number of piperidine rings is 1. The van der Waals surface area contributed by atoms with Crippen molar-refractivity contribution in [1.82, 2.24) is 4.90 Å². The largest absolute Gasteiger partial charge is 0.330 e. The van der Waals surface area contributed by atoms with E-state index in [1.54, 1.807) is 0 Å². The molecule has 2 rings (SSSR count). The van der Waals surface area contributed by atoms with E-state index in [-0.39, 0.29) is 18.8 Å². The maximum absolute atomic E-state index is 13.1. The Hall–Kier alpha value is -0.220. The standard InChI is InChI=1S/C13H24F2N2/c1-10-3-5-17(9-12(10)7-16)8-11-2-4-13(14,15)6-11/h10-12H,2-9,16H2,1H3. The molecule has 0 aromatic heterocycles. The number of hydrogen-bond acceptors (Lipinski definition) is 2. The minimum Gasteiger partial charge on any atom is -0.330 e. The van der Waals surface area contributed by atoms with Crippen LogP contribution in [-0.2, 0) is 0 Å². The molecule has 1 aliphatic carbocycles. The lowest BCUT2D eigenvalue weighted by atomic mass is 9.86. The minimum absolute atomic E-state index is 0.0855. The van der Waals surface area contributed by atoms with Gasteiger partial charge in [-0.05, 0) is 43.7 Å². The van der Waals surface area contributed by atoms with Crippen LogP contribution in [-0.4, -0.2) is 37.0 Å². The van der Waals surface area contributed by atoms with Gasteiger partial charge < -0.3 is 10.6 Å². The Bertz CT molecular complexity index is 258. The fraction of sp³-hybridized carbons (Fsp3) is 1.00. The molecular formula is C13H24F2N2. The minimum atomic E-state index is -2.40. The molecule has 0 aromatic rings. The quantitative estimate of drug-likeness (QED) is 0.828. The molecule has 2 aliphatic rings. The van der Waals surface area contributed by atoms with Crippen molar-refractivity contribution in [3.63, 3.8) is 0 Å². The summed E-state index contributed by atoms with van der Waals surface area (Å²) in [6, 6.07) is 0. The molecule has 4 heteroatoms. The molecule has 1 saturated carbocycles. The van der Waals surface area contributed by atoms with E-state index in [0.717, 1.165) is 32.6 Å². The zero-order valence-electron chi connectivity index (χ0n) is 10.7. The van der Waals surface area contributed by atoms with Gasteiger partial charge in [0.25, 0.3) is 0 Å². The second-order valence-electron chi connectivity index (χ2n) is 5.99. The summed E-state index contributed by atoms with van der Waals surface area (Å²) >= 11 is 0. The molecule has 3 atom stereocenters. The van der Waals surface area contributed by atoms with Gasteiger partial charge in [-0.3, -0.25) is 0 Å². The first-order chi connectivity index (χ1) is 8.00. The lowest BCUT2D eigenvalue weighted by Crippen LogP contribution is -2.44. The van der Waals surface area contributed by atoms with Gasteiger partial charge in [-0.25, -0.2) is 8.78 Å². The number of nitrogens with zero attached hydrogens (tertiary/aromatic N) is 1. The summed E-state index contributed by atoms with van der Waals surface area (Å²) in [5.41, 5.74) is 5.76. The van der Waals surface area contributed by atoms with E-state index < -0.39 is 5.92 Å². The third kappa shape index (κ3) is 3.38. The van der Waals surface area contributed by atoms with Crippen molar-refractivity contribution in [2.45, 2.75) is 38.5 Å². The van der Waals surface area contributed by atoms with Crippen molar-refractivity contribution >= 4 is 0 Å². The number of rotatable bonds is 3. The van der Waals surface area contributed by atoms with Crippen LogP contribution in [0.1, 0.15) is 32.6 Å². The van der Waals surface area contributed by atoms with E-state index in [0.29, 0.717) is 18.3 Å². The highest BCUT2D eigenvalue weighted by Crippen LogP contribution is 2.39. The van der Waals surface area contributed by atoms with Crippen LogP contribution in [0, 0.1) is 17.8 Å². The van der Waals surface area contributed by atoms with Crippen LogP contribution in [0.15, 0.2) is 0 Å². The molecule has 0 aromatic carbocycles. The highest BCUT2D eigenvalue weighted by molar-refractivity contribution is 4.85. The van der Waals surface area contributed by atoms with Gasteiger partial charge in [-0.15, -0.1) is 0 Å². The molecule has 2 nitrogen and oxygen atoms in total. The third-order valence-electron chi connectivity index (χ3n) is 4.52. The van der Waals surface area contributed by atoms with Crippen molar-refractivity contribution in [3.8, 4) is 0 Å². The van der Waals surface area contributed by atoms with Crippen LogP contribution in [0.2, 0.25) is 0 Å². The molecule has 0 radical (unpaired) electrons. The molecule has 17 heavy (non-hydrogen) atoms. The van der Waals surface area contributed by atoms with Crippen molar-refractivity contribution in [2.75, 3.05) is 26.2 Å². The first-order valence-corrected chi connectivity index (χ1v) is 6.80. The van der Waals surface area contributed by atoms with E-state index in [1.165, 1.54) is 0 Å². The van der Waals surface area contributed by atoms with E-state index in [1.807, 2.05) is 0 Å². The lowest BCUT2D eigenvalue weighted by molar-refractivity contribution is 0.00222. The van der Waals surface area contributed by atoms with E-state index in [9.17, 15) is 8.78 Å². The molecule has 2 N–H and O–H groups in total. The smallest absolute Gasteiger partial charge is 0.248 e. The Morgan fingerprint density at radius 2 is 2.12 bits per heavy atom. The van der Waals surface area contributed by atoms with Gasteiger partial charge in [0, 0.05) is 25.9 Å². The van der Waals surface area contributed by atoms with Gasteiger partial charge >= 0.3 is 0 Å². The Morgan fingerprint density at radius 3 is 2.71 bits per heavy atom. The van der Waals surface area contributed by atoms with Crippen molar-refractivity contribution in [3.05, 3.63) is 0 Å². The summed E-state index contributed by atoms with van der Waals surface area (Å²) in [7, 11) is 0. The summed E-state index contributed by atoms with van der Waals surface area (Å²) in [6.07, 6.45) is 2.02. The van der Waals surface area contributed by atoms with Gasteiger partial charge in [-0.1, -0.05) is 6.92 Å². The maximum Gasteiger partial charge on any atom is 0.248 e. The number of likely N-dealkylation sites (tertiary alicyclic amines) is 1. The van der Waals surface area contributed by atoms with Crippen molar-refractivity contribution in [1.29, 1.82) is 0 Å². The van der Waals surface area contributed by atoms with Gasteiger partial charge in [0.15, 0.2) is 0 Å². The Morgan fingerprint density at radius 1 is 1.35 bits per heavy atom. The number of nitrogens with two attached hydrogens (primary N) is 1. The highest BCUT2D eigenvalue weighted by atomic mass is 19.3. The van der Waals surface area contributed by atoms with Gasteiger partial charge in [0.2, 0.25) is 5.92 Å². The van der Waals surface area contributed by atoms with E-state index in [2.05, 4.69) is 11.8 Å². The average Bonchev–Trinajstić information content (AvgIpc) is 2.61. The highest BCUT2D eigenvalue weighted by Gasteiger charge is 2.40. The molecule has 1 aliphatic heterocycles. The van der Waals surface area contributed by atoms with E-state index in [4.69, 9.17) is 5.73 Å². The monoisotopic (exact) mass is 246 g/mol. The predicted octanol–water partition coefficient (Wildman–Crippen LogP) is 2.34. The Kier molecular flexibility index (Phi) is 4.03. The number of halogens is 2. The van der Waals surface area contributed by atoms with Crippen LogP contribution in [0.25, 0.3) is 0 Å². The fourth-order valence-corrected chi connectivity index (χ4v) is 3.26. The molecule has 0 spiro atoms. The van der Waals surface area contributed by atoms with Crippen molar-refractivity contribution < 1.29 is 8.78 Å². The van der Waals surface area contributed by atoms with Crippen LogP contribution >= 0.6 is 0 Å². The normalized spacial score (nSPS) is 38.5. The lowest BCUT2D eigenvalue weighted by Gasteiger charge is -2.37. The van der Waals surface area contributed by atoms with Crippen LogP contribution in [0.4, 0.5) is 8.78 Å². The average molecular weight is 246 g/mol. The molecule has 0 amide bonds. The molecule has 1 heterocycles. The number of hydrogen-bond donors (Lipinski definition) is 1. The maximum atomic E-state index is 13.1. The third-order valence-corrected chi connectivity index (χ3v) is 4.52. The van der Waals surface area contributed by atoms with Gasteiger partial charge in [-0.2, -0.15) is 0 Å². The first-order valence-electron chi connectivity index (χ1n) is 6.80. The van der Waals surface area contributed by atoms with Gasteiger partial charge in [0.1, 0.15) is 0 Å². The fourth-order valence-electron chi connectivity index (χ4n) is 3.26. The predicted molar refractivity (Wildman–Crippen MR) is 65.1 cm³/mol. The topological polar surface area (TPSA) is 29.3 Å². The Balaban J connectivity index is 1.80. The molecule has 3 unspecified atom stereocenters.